The maximum atomic E-state index is 13.0. The van der Waals surface area contributed by atoms with E-state index < -0.39 is 11.0 Å². The highest BCUT2D eigenvalue weighted by atomic mass is 16.6. The number of hydrogen-bond acceptors (Lipinski definition) is 6. The molecule has 3 rings (SSSR count). The Labute approximate surface area is 169 Å². The van der Waals surface area contributed by atoms with Gasteiger partial charge in [-0.1, -0.05) is 18.2 Å². The van der Waals surface area contributed by atoms with Crippen LogP contribution in [0.15, 0.2) is 42.4 Å². The summed E-state index contributed by atoms with van der Waals surface area (Å²) in [5, 5.41) is 17.0. The van der Waals surface area contributed by atoms with Crippen molar-refractivity contribution in [2.75, 3.05) is 31.5 Å². The number of likely N-dealkylation sites (tertiary alicyclic amines) is 2. The van der Waals surface area contributed by atoms with Crippen molar-refractivity contribution in [3.8, 4) is 0 Å². The molecule has 2 amide bonds. The van der Waals surface area contributed by atoms with Crippen LogP contribution < -0.4 is 10.6 Å². The summed E-state index contributed by atoms with van der Waals surface area (Å²) in [5.41, 5.74) is 0.676. The van der Waals surface area contributed by atoms with Crippen molar-refractivity contribution in [2.45, 2.75) is 38.1 Å². The average molecular weight is 401 g/mol. The van der Waals surface area contributed by atoms with Crippen LogP contribution in [0.3, 0.4) is 0 Å². The Kier molecular flexibility index (Phi) is 7.04. The number of benzene rings is 1. The molecule has 0 aromatic heterocycles. The van der Waals surface area contributed by atoms with Crippen molar-refractivity contribution in [3.63, 3.8) is 0 Å². The van der Waals surface area contributed by atoms with E-state index in [9.17, 15) is 19.7 Å². The molecule has 1 atom stereocenters. The standard InChI is InChI=1S/C20H27N5O4/c26-19(23-11-6-7-12-23)15-24-13-5-4-10-17(20(24)27)22-18(14-25(28)29)21-16-8-2-1-3-9-16/h1-3,8-9,14,17,21-22H,4-7,10-13,15H2/b18-14-. The number of para-hydroxylation sites is 1. The van der Waals surface area contributed by atoms with E-state index in [1.165, 1.54) is 0 Å². The Balaban J connectivity index is 1.68. The van der Waals surface area contributed by atoms with Crippen LogP contribution >= 0.6 is 0 Å². The second kappa shape index (κ2) is 9.90. The van der Waals surface area contributed by atoms with Gasteiger partial charge < -0.3 is 20.4 Å². The first kappa shape index (κ1) is 20.6. The van der Waals surface area contributed by atoms with E-state index in [0.29, 0.717) is 18.7 Å². The van der Waals surface area contributed by atoms with Gasteiger partial charge in [0.15, 0.2) is 5.82 Å². The fourth-order valence-electron chi connectivity index (χ4n) is 3.70. The van der Waals surface area contributed by atoms with Gasteiger partial charge in [-0.25, -0.2) is 0 Å². The number of nitro groups is 1. The molecular weight excluding hydrogens is 374 g/mol. The zero-order valence-corrected chi connectivity index (χ0v) is 16.4. The van der Waals surface area contributed by atoms with Crippen molar-refractivity contribution < 1.29 is 14.5 Å². The lowest BCUT2D eigenvalue weighted by Gasteiger charge is -2.27. The number of nitrogens with zero attached hydrogens (tertiary/aromatic N) is 3. The molecule has 2 saturated heterocycles. The van der Waals surface area contributed by atoms with E-state index in [1.807, 2.05) is 18.2 Å². The highest BCUT2D eigenvalue weighted by molar-refractivity contribution is 5.88. The Morgan fingerprint density at radius 1 is 1.14 bits per heavy atom. The number of anilines is 1. The summed E-state index contributed by atoms with van der Waals surface area (Å²) in [6.45, 7) is 2.09. The summed E-state index contributed by atoms with van der Waals surface area (Å²) in [5.74, 6) is -0.0774. The number of carbonyl (C=O) groups excluding carboxylic acids is 2. The first-order valence-electron chi connectivity index (χ1n) is 10.0. The SMILES string of the molecule is O=C(CN1CCCCC(N/C(=C\[N+](=O)[O-])Nc2ccccc2)C1=O)N1CCCC1. The summed E-state index contributed by atoms with van der Waals surface area (Å²) >= 11 is 0. The van der Waals surface area contributed by atoms with Crippen molar-refractivity contribution in [1.29, 1.82) is 0 Å². The molecule has 1 unspecified atom stereocenters. The second-order valence-corrected chi connectivity index (χ2v) is 7.36. The molecule has 1 aromatic rings. The third-order valence-electron chi connectivity index (χ3n) is 5.18. The quantitative estimate of drug-likeness (QED) is 0.533. The number of hydrogen-bond donors (Lipinski definition) is 2. The van der Waals surface area contributed by atoms with E-state index >= 15 is 0 Å². The molecule has 2 heterocycles. The van der Waals surface area contributed by atoms with Crippen molar-refractivity contribution in [2.24, 2.45) is 0 Å². The van der Waals surface area contributed by atoms with Crippen LogP contribution in [0, 0.1) is 10.1 Å². The third kappa shape index (κ3) is 5.94. The molecule has 0 spiro atoms. The third-order valence-corrected chi connectivity index (χ3v) is 5.18. The molecular formula is C20H27N5O4. The minimum Gasteiger partial charge on any atom is -0.355 e. The summed E-state index contributed by atoms with van der Waals surface area (Å²) in [6.07, 6.45) is 4.99. The zero-order chi connectivity index (χ0) is 20.6. The van der Waals surface area contributed by atoms with Crippen LogP contribution in [0.4, 0.5) is 5.69 Å². The molecule has 9 heteroatoms. The van der Waals surface area contributed by atoms with Gasteiger partial charge in [-0.2, -0.15) is 0 Å². The van der Waals surface area contributed by atoms with Crippen molar-refractivity contribution in [3.05, 3.63) is 52.5 Å². The number of amides is 2. The zero-order valence-electron chi connectivity index (χ0n) is 16.4. The lowest BCUT2D eigenvalue weighted by Crippen LogP contribution is -2.49. The van der Waals surface area contributed by atoms with Gasteiger partial charge in [0, 0.05) is 25.3 Å². The molecule has 156 valence electrons. The largest absolute Gasteiger partial charge is 0.355 e. The lowest BCUT2D eigenvalue weighted by molar-refractivity contribution is -0.403. The molecule has 0 bridgehead atoms. The van der Waals surface area contributed by atoms with Gasteiger partial charge in [-0.15, -0.1) is 0 Å². The molecule has 29 heavy (non-hydrogen) atoms. The molecule has 2 N–H and O–H groups in total. The predicted octanol–water partition coefficient (Wildman–Crippen LogP) is 1.77. The summed E-state index contributed by atoms with van der Waals surface area (Å²) < 4.78 is 0. The van der Waals surface area contributed by atoms with Crippen LogP contribution in [0.25, 0.3) is 0 Å². The second-order valence-electron chi connectivity index (χ2n) is 7.36. The van der Waals surface area contributed by atoms with E-state index in [2.05, 4.69) is 10.6 Å². The van der Waals surface area contributed by atoms with Gasteiger partial charge in [0.05, 0.1) is 11.5 Å². The van der Waals surface area contributed by atoms with Crippen LogP contribution in [0.5, 0.6) is 0 Å². The maximum Gasteiger partial charge on any atom is 0.274 e. The van der Waals surface area contributed by atoms with Crippen LogP contribution in [0.2, 0.25) is 0 Å². The predicted molar refractivity (Wildman–Crippen MR) is 108 cm³/mol. The first-order valence-corrected chi connectivity index (χ1v) is 10.0. The topological polar surface area (TPSA) is 108 Å². The van der Waals surface area contributed by atoms with Gasteiger partial charge in [-0.3, -0.25) is 19.7 Å². The van der Waals surface area contributed by atoms with Gasteiger partial charge in [0.25, 0.3) is 6.20 Å². The van der Waals surface area contributed by atoms with E-state index in [0.717, 1.165) is 45.0 Å². The number of nitrogens with one attached hydrogen (secondary N) is 2. The average Bonchev–Trinajstić information content (AvgIpc) is 3.18. The number of rotatable bonds is 7. The molecule has 1 aromatic carbocycles. The van der Waals surface area contributed by atoms with Gasteiger partial charge in [0.1, 0.15) is 6.04 Å². The normalized spacial score (nSPS) is 20.3. The highest BCUT2D eigenvalue weighted by Gasteiger charge is 2.30. The molecule has 0 saturated carbocycles. The fourth-order valence-corrected chi connectivity index (χ4v) is 3.70. The number of carbonyl (C=O) groups is 2. The molecule has 2 aliphatic rings. The molecule has 0 radical (unpaired) electrons. The molecule has 9 nitrogen and oxygen atoms in total. The van der Waals surface area contributed by atoms with Gasteiger partial charge in [0.2, 0.25) is 11.8 Å². The fraction of sp³-hybridized carbons (Fsp3) is 0.500. The maximum absolute atomic E-state index is 13.0. The molecule has 2 aliphatic heterocycles. The van der Waals surface area contributed by atoms with Crippen LogP contribution in [-0.2, 0) is 9.59 Å². The lowest BCUT2D eigenvalue weighted by atomic mass is 10.1. The Bertz CT molecular complexity index is 761. The van der Waals surface area contributed by atoms with E-state index in [4.69, 9.17) is 0 Å². The Morgan fingerprint density at radius 3 is 2.52 bits per heavy atom. The van der Waals surface area contributed by atoms with Gasteiger partial charge in [-0.05, 0) is 44.2 Å². The first-order chi connectivity index (χ1) is 14.0. The van der Waals surface area contributed by atoms with E-state index in [-0.39, 0.29) is 24.2 Å². The smallest absolute Gasteiger partial charge is 0.274 e. The van der Waals surface area contributed by atoms with Crippen LogP contribution in [-0.4, -0.2) is 58.8 Å². The Hall–Kier alpha value is -3.10. The minimum absolute atomic E-state index is 0.0278. The van der Waals surface area contributed by atoms with Crippen molar-refractivity contribution >= 4 is 17.5 Å². The summed E-state index contributed by atoms with van der Waals surface area (Å²) in [7, 11) is 0. The molecule has 0 aliphatic carbocycles. The van der Waals surface area contributed by atoms with Crippen molar-refractivity contribution in [1.82, 2.24) is 15.1 Å². The van der Waals surface area contributed by atoms with E-state index in [1.54, 1.807) is 21.9 Å². The van der Waals surface area contributed by atoms with Gasteiger partial charge >= 0.3 is 0 Å². The monoisotopic (exact) mass is 401 g/mol. The molecule has 2 fully saturated rings. The minimum atomic E-state index is -0.619. The summed E-state index contributed by atoms with van der Waals surface area (Å²) in [6, 6.07) is 8.42. The highest BCUT2D eigenvalue weighted by Crippen LogP contribution is 2.16. The van der Waals surface area contributed by atoms with Crippen LogP contribution in [0.1, 0.15) is 32.1 Å². The Morgan fingerprint density at radius 2 is 1.83 bits per heavy atom. The summed E-state index contributed by atoms with van der Waals surface area (Å²) in [4.78, 5) is 39.4.